The van der Waals surface area contributed by atoms with Crippen LogP contribution in [0.25, 0.3) is 0 Å². The van der Waals surface area contributed by atoms with Crippen molar-refractivity contribution in [3.63, 3.8) is 0 Å². The molecule has 2 heteroatoms. The molecule has 2 atom stereocenters. The van der Waals surface area contributed by atoms with Gasteiger partial charge in [-0.05, 0) is 31.7 Å². The predicted molar refractivity (Wildman–Crippen MR) is 37.0 cm³/mol. The fourth-order valence-electron chi connectivity index (χ4n) is 1.57. The molecule has 54 valence electrons. The monoisotopic (exact) mass is 129 g/mol. The summed E-state index contributed by atoms with van der Waals surface area (Å²) in [5.41, 5.74) is 5.36. The van der Waals surface area contributed by atoms with E-state index in [1.54, 1.807) is 0 Å². The number of hydrogen-bond donors (Lipinski definition) is 2. The van der Waals surface area contributed by atoms with Gasteiger partial charge in [0.25, 0.3) is 0 Å². The summed E-state index contributed by atoms with van der Waals surface area (Å²) in [6, 6.07) is 0. The third-order valence-electron chi connectivity index (χ3n) is 2.16. The van der Waals surface area contributed by atoms with Crippen molar-refractivity contribution in [1.82, 2.24) is 0 Å². The Balaban J connectivity index is 2.22. The highest BCUT2D eigenvalue weighted by Crippen LogP contribution is 2.27. The van der Waals surface area contributed by atoms with Gasteiger partial charge >= 0.3 is 0 Å². The topological polar surface area (TPSA) is 46.2 Å². The summed E-state index contributed by atoms with van der Waals surface area (Å²) in [4.78, 5) is 0. The van der Waals surface area contributed by atoms with Gasteiger partial charge in [-0.2, -0.15) is 0 Å². The Morgan fingerprint density at radius 2 is 2.22 bits per heavy atom. The summed E-state index contributed by atoms with van der Waals surface area (Å²) in [5, 5.41) is 9.26. The second-order valence-electron chi connectivity index (χ2n) is 2.84. The predicted octanol–water partition coefficient (Wildman–Crippen LogP) is 0.496. The van der Waals surface area contributed by atoms with Gasteiger partial charge in [0.15, 0.2) is 0 Å². The van der Waals surface area contributed by atoms with E-state index in [4.69, 9.17) is 5.73 Å². The number of rotatable bonds is 2. The van der Waals surface area contributed by atoms with Crippen LogP contribution in [0.1, 0.15) is 25.7 Å². The van der Waals surface area contributed by atoms with Gasteiger partial charge in [-0.1, -0.05) is 6.42 Å². The standard InChI is InChI=1S/C7H15NO/c8-5-4-6-2-1-3-7(6)9/h6-7,9H,1-5,8H2/t6-,7+/m0/s1. The lowest BCUT2D eigenvalue weighted by atomic mass is 10.0. The Morgan fingerprint density at radius 3 is 2.67 bits per heavy atom. The van der Waals surface area contributed by atoms with Gasteiger partial charge < -0.3 is 10.8 Å². The quantitative estimate of drug-likeness (QED) is 0.570. The van der Waals surface area contributed by atoms with Crippen LogP contribution in [0, 0.1) is 5.92 Å². The summed E-state index contributed by atoms with van der Waals surface area (Å²) in [6.45, 7) is 0.724. The molecule has 1 fully saturated rings. The van der Waals surface area contributed by atoms with Crippen LogP contribution in [0.4, 0.5) is 0 Å². The number of aliphatic hydroxyl groups is 1. The minimum absolute atomic E-state index is 0.0476. The van der Waals surface area contributed by atoms with Gasteiger partial charge in [-0.15, -0.1) is 0 Å². The molecule has 0 saturated heterocycles. The Kier molecular flexibility index (Phi) is 2.49. The molecule has 0 heterocycles. The zero-order valence-corrected chi connectivity index (χ0v) is 5.71. The van der Waals surface area contributed by atoms with Gasteiger partial charge in [-0.3, -0.25) is 0 Å². The van der Waals surface area contributed by atoms with Crippen molar-refractivity contribution < 1.29 is 5.11 Å². The lowest BCUT2D eigenvalue weighted by molar-refractivity contribution is 0.129. The lowest BCUT2D eigenvalue weighted by Crippen LogP contribution is -2.16. The van der Waals surface area contributed by atoms with E-state index < -0.39 is 0 Å². The molecule has 0 spiro atoms. The van der Waals surface area contributed by atoms with Crippen molar-refractivity contribution in [3.05, 3.63) is 0 Å². The normalized spacial score (nSPS) is 35.3. The van der Waals surface area contributed by atoms with Crippen LogP contribution in [-0.4, -0.2) is 17.8 Å². The maximum Gasteiger partial charge on any atom is 0.0568 e. The molecule has 3 N–H and O–H groups in total. The van der Waals surface area contributed by atoms with E-state index in [1.807, 2.05) is 0 Å². The summed E-state index contributed by atoms with van der Waals surface area (Å²) in [5.74, 6) is 0.509. The number of aliphatic hydroxyl groups excluding tert-OH is 1. The Hall–Kier alpha value is -0.0800. The molecule has 0 aromatic rings. The highest BCUT2D eigenvalue weighted by Gasteiger charge is 2.23. The van der Waals surface area contributed by atoms with Crippen LogP contribution >= 0.6 is 0 Å². The van der Waals surface area contributed by atoms with Crippen molar-refractivity contribution in [3.8, 4) is 0 Å². The number of hydrogen-bond acceptors (Lipinski definition) is 2. The molecule has 0 bridgehead atoms. The molecule has 1 saturated carbocycles. The van der Waals surface area contributed by atoms with Crippen LogP contribution in [-0.2, 0) is 0 Å². The first-order valence-corrected chi connectivity index (χ1v) is 3.72. The largest absolute Gasteiger partial charge is 0.393 e. The summed E-state index contributed by atoms with van der Waals surface area (Å²) in [7, 11) is 0. The van der Waals surface area contributed by atoms with Gasteiger partial charge in [0.2, 0.25) is 0 Å². The van der Waals surface area contributed by atoms with E-state index in [0.29, 0.717) is 5.92 Å². The molecular weight excluding hydrogens is 114 g/mol. The minimum Gasteiger partial charge on any atom is -0.393 e. The van der Waals surface area contributed by atoms with E-state index in [0.717, 1.165) is 19.4 Å². The molecule has 0 aliphatic heterocycles. The van der Waals surface area contributed by atoms with E-state index in [2.05, 4.69) is 0 Å². The highest BCUT2D eigenvalue weighted by molar-refractivity contribution is 4.76. The maximum atomic E-state index is 9.26. The van der Waals surface area contributed by atoms with Crippen molar-refractivity contribution in [2.45, 2.75) is 31.8 Å². The molecule has 1 aliphatic rings. The lowest BCUT2D eigenvalue weighted by Gasteiger charge is -2.11. The number of nitrogens with two attached hydrogens (primary N) is 1. The first-order chi connectivity index (χ1) is 4.34. The van der Waals surface area contributed by atoms with Crippen LogP contribution in [0.2, 0.25) is 0 Å². The maximum absolute atomic E-state index is 9.26. The third-order valence-corrected chi connectivity index (χ3v) is 2.16. The molecule has 0 aromatic carbocycles. The molecule has 1 aliphatic carbocycles. The first-order valence-electron chi connectivity index (χ1n) is 3.72. The average molecular weight is 129 g/mol. The molecule has 0 unspecified atom stereocenters. The molecule has 0 aromatic heterocycles. The van der Waals surface area contributed by atoms with Gasteiger partial charge in [0, 0.05) is 0 Å². The summed E-state index contributed by atoms with van der Waals surface area (Å²) in [6.07, 6.45) is 4.31. The van der Waals surface area contributed by atoms with Crippen molar-refractivity contribution >= 4 is 0 Å². The zero-order valence-electron chi connectivity index (χ0n) is 5.71. The average Bonchev–Trinajstić information content (AvgIpc) is 2.18. The zero-order chi connectivity index (χ0) is 6.69. The first kappa shape index (κ1) is 7.03. The van der Waals surface area contributed by atoms with Crippen LogP contribution in [0.3, 0.4) is 0 Å². The molecule has 9 heavy (non-hydrogen) atoms. The van der Waals surface area contributed by atoms with Crippen molar-refractivity contribution in [2.75, 3.05) is 6.54 Å². The van der Waals surface area contributed by atoms with E-state index in [9.17, 15) is 5.11 Å². The third kappa shape index (κ3) is 1.66. The van der Waals surface area contributed by atoms with Crippen LogP contribution in [0.5, 0.6) is 0 Å². The van der Waals surface area contributed by atoms with Gasteiger partial charge in [0.1, 0.15) is 0 Å². The fourth-order valence-corrected chi connectivity index (χ4v) is 1.57. The minimum atomic E-state index is -0.0476. The van der Waals surface area contributed by atoms with E-state index in [1.165, 1.54) is 12.8 Å². The van der Waals surface area contributed by atoms with Crippen LogP contribution in [0.15, 0.2) is 0 Å². The molecule has 0 amide bonds. The molecule has 0 radical (unpaired) electrons. The Bertz CT molecular complexity index is 85.0. The second-order valence-corrected chi connectivity index (χ2v) is 2.84. The van der Waals surface area contributed by atoms with Crippen molar-refractivity contribution in [1.29, 1.82) is 0 Å². The molecule has 1 rings (SSSR count). The summed E-state index contributed by atoms with van der Waals surface area (Å²) < 4.78 is 0. The Morgan fingerprint density at radius 1 is 1.44 bits per heavy atom. The smallest absolute Gasteiger partial charge is 0.0568 e. The molecule has 2 nitrogen and oxygen atoms in total. The van der Waals surface area contributed by atoms with Gasteiger partial charge in [-0.25, -0.2) is 0 Å². The van der Waals surface area contributed by atoms with E-state index >= 15 is 0 Å². The van der Waals surface area contributed by atoms with Crippen molar-refractivity contribution in [2.24, 2.45) is 11.7 Å². The second kappa shape index (κ2) is 3.18. The molecular formula is C7H15NO. The Labute approximate surface area is 56.1 Å². The van der Waals surface area contributed by atoms with Gasteiger partial charge in [0.05, 0.1) is 6.10 Å². The van der Waals surface area contributed by atoms with E-state index in [-0.39, 0.29) is 6.10 Å². The fraction of sp³-hybridized carbons (Fsp3) is 1.00. The highest BCUT2D eigenvalue weighted by atomic mass is 16.3. The SMILES string of the molecule is NCC[C@@H]1CCC[C@H]1O. The summed E-state index contributed by atoms with van der Waals surface area (Å²) >= 11 is 0. The van der Waals surface area contributed by atoms with Crippen LogP contribution < -0.4 is 5.73 Å².